The molecule has 2 aromatic rings. The summed E-state index contributed by atoms with van der Waals surface area (Å²) in [6.45, 7) is 5.91. The first-order valence-corrected chi connectivity index (χ1v) is 8.05. The van der Waals surface area contributed by atoms with Crippen LogP contribution in [0, 0.1) is 6.92 Å². The minimum Gasteiger partial charge on any atom is -0.398 e. The lowest BCUT2D eigenvalue weighted by Crippen LogP contribution is -2.23. The fourth-order valence-corrected chi connectivity index (χ4v) is 3.11. The Morgan fingerprint density at radius 1 is 1.43 bits per heavy atom. The van der Waals surface area contributed by atoms with Gasteiger partial charge in [0.25, 0.3) is 0 Å². The minimum absolute atomic E-state index is 0.517. The highest BCUT2D eigenvalue weighted by atomic mass is 15.2. The molecule has 1 aliphatic carbocycles. The van der Waals surface area contributed by atoms with Gasteiger partial charge in [-0.15, -0.1) is 0 Å². The Morgan fingerprint density at radius 3 is 3.00 bits per heavy atom. The molecule has 0 spiro atoms. The summed E-state index contributed by atoms with van der Waals surface area (Å²) in [7, 11) is 0. The average Bonchev–Trinajstić information content (AvgIpc) is 3.13. The Balaban J connectivity index is 1.72. The zero-order valence-corrected chi connectivity index (χ0v) is 13.5. The van der Waals surface area contributed by atoms with Crippen LogP contribution in [-0.4, -0.2) is 21.9 Å². The van der Waals surface area contributed by atoms with E-state index in [1.165, 1.54) is 25.7 Å². The van der Waals surface area contributed by atoms with Gasteiger partial charge in [0.05, 0.1) is 11.2 Å². The number of nitrogens with one attached hydrogen (secondary N) is 1. The Hall–Kier alpha value is -2.56. The van der Waals surface area contributed by atoms with E-state index in [-0.39, 0.29) is 0 Å². The molecule has 120 valence electrons. The first-order valence-electron chi connectivity index (χ1n) is 8.05. The van der Waals surface area contributed by atoms with Crippen LogP contribution in [0.2, 0.25) is 0 Å². The van der Waals surface area contributed by atoms with Gasteiger partial charge in [-0.05, 0) is 38.0 Å². The molecule has 0 aliphatic heterocycles. The smallest absolute Gasteiger partial charge is 0.118 e. The van der Waals surface area contributed by atoms with E-state index in [2.05, 4.69) is 22.0 Å². The largest absolute Gasteiger partial charge is 0.398 e. The SMILES string of the molecule is C=C(/N=C\C=C(/N)c1c(C)nn2ccccc12)NC1CCCC1. The molecule has 1 saturated carbocycles. The molecular formula is C18H23N5. The number of fused-ring (bicyclic) bond motifs is 1. The number of pyridine rings is 1. The van der Waals surface area contributed by atoms with E-state index < -0.39 is 0 Å². The molecular weight excluding hydrogens is 286 g/mol. The number of aryl methyl sites for hydroxylation is 1. The maximum Gasteiger partial charge on any atom is 0.118 e. The number of hydrogen-bond donors (Lipinski definition) is 2. The highest BCUT2D eigenvalue weighted by Crippen LogP contribution is 2.20. The van der Waals surface area contributed by atoms with Gasteiger partial charge in [-0.3, -0.25) is 0 Å². The second kappa shape index (κ2) is 6.69. The summed E-state index contributed by atoms with van der Waals surface area (Å²) >= 11 is 0. The van der Waals surface area contributed by atoms with Crippen LogP contribution in [-0.2, 0) is 0 Å². The minimum atomic E-state index is 0.517. The highest BCUT2D eigenvalue weighted by molar-refractivity contribution is 5.88. The summed E-state index contributed by atoms with van der Waals surface area (Å²) in [6.07, 6.45) is 10.4. The van der Waals surface area contributed by atoms with Crippen LogP contribution in [0.1, 0.15) is 36.9 Å². The second-order valence-electron chi connectivity index (χ2n) is 5.96. The van der Waals surface area contributed by atoms with Crippen molar-refractivity contribution in [2.24, 2.45) is 10.7 Å². The van der Waals surface area contributed by atoms with Crippen LogP contribution >= 0.6 is 0 Å². The zero-order chi connectivity index (χ0) is 16.2. The second-order valence-corrected chi connectivity index (χ2v) is 5.96. The molecule has 0 atom stereocenters. The van der Waals surface area contributed by atoms with Crippen molar-refractivity contribution in [2.45, 2.75) is 38.6 Å². The fourth-order valence-electron chi connectivity index (χ4n) is 3.11. The third-order valence-electron chi connectivity index (χ3n) is 4.21. The van der Waals surface area contributed by atoms with Crippen molar-refractivity contribution in [1.29, 1.82) is 0 Å². The van der Waals surface area contributed by atoms with Gasteiger partial charge in [0.2, 0.25) is 0 Å². The van der Waals surface area contributed by atoms with E-state index >= 15 is 0 Å². The number of aromatic nitrogens is 2. The van der Waals surface area contributed by atoms with Crippen LogP contribution in [0.25, 0.3) is 11.2 Å². The monoisotopic (exact) mass is 309 g/mol. The predicted molar refractivity (Wildman–Crippen MR) is 95.1 cm³/mol. The van der Waals surface area contributed by atoms with Gasteiger partial charge in [-0.2, -0.15) is 5.10 Å². The summed E-state index contributed by atoms with van der Waals surface area (Å²) in [5, 5.41) is 7.82. The van der Waals surface area contributed by atoms with Crippen molar-refractivity contribution in [3.8, 4) is 0 Å². The molecule has 0 aromatic carbocycles. The molecule has 1 fully saturated rings. The summed E-state index contributed by atoms with van der Waals surface area (Å²) in [6, 6.07) is 6.45. The van der Waals surface area contributed by atoms with Crippen LogP contribution < -0.4 is 11.1 Å². The highest BCUT2D eigenvalue weighted by Gasteiger charge is 2.14. The molecule has 3 rings (SSSR count). The van der Waals surface area contributed by atoms with Crippen LogP contribution in [0.4, 0.5) is 0 Å². The maximum atomic E-state index is 6.22. The molecule has 3 N–H and O–H groups in total. The zero-order valence-electron chi connectivity index (χ0n) is 13.5. The summed E-state index contributed by atoms with van der Waals surface area (Å²) in [5.74, 6) is 0.692. The van der Waals surface area contributed by atoms with Crippen molar-refractivity contribution >= 4 is 17.4 Å². The van der Waals surface area contributed by atoms with Crippen LogP contribution in [0.15, 0.2) is 47.9 Å². The van der Waals surface area contributed by atoms with Gasteiger partial charge in [-0.1, -0.05) is 25.5 Å². The lowest BCUT2D eigenvalue weighted by Gasteiger charge is -2.11. The quantitative estimate of drug-likeness (QED) is 0.834. The van der Waals surface area contributed by atoms with Crippen molar-refractivity contribution in [1.82, 2.24) is 14.9 Å². The first-order chi connectivity index (χ1) is 11.1. The van der Waals surface area contributed by atoms with Gasteiger partial charge in [0, 0.05) is 29.7 Å². The van der Waals surface area contributed by atoms with Gasteiger partial charge in [-0.25, -0.2) is 9.51 Å². The van der Waals surface area contributed by atoms with E-state index in [1.54, 1.807) is 12.3 Å². The molecule has 0 amide bonds. The Labute approximate surface area is 136 Å². The number of aliphatic imine (C=N–C) groups is 1. The van der Waals surface area contributed by atoms with Crippen molar-refractivity contribution in [3.63, 3.8) is 0 Å². The molecule has 2 heterocycles. The topological polar surface area (TPSA) is 67.7 Å². The summed E-state index contributed by atoms with van der Waals surface area (Å²) < 4.78 is 1.84. The summed E-state index contributed by atoms with van der Waals surface area (Å²) in [4.78, 5) is 4.33. The number of rotatable bonds is 5. The third kappa shape index (κ3) is 3.44. The van der Waals surface area contributed by atoms with E-state index in [1.807, 2.05) is 35.8 Å². The van der Waals surface area contributed by atoms with E-state index in [9.17, 15) is 0 Å². The Bertz CT molecular complexity index is 763. The maximum absolute atomic E-state index is 6.22. The molecule has 0 saturated heterocycles. The number of nitrogens with zero attached hydrogens (tertiary/aromatic N) is 3. The lowest BCUT2D eigenvalue weighted by molar-refractivity contribution is 0.583. The van der Waals surface area contributed by atoms with Gasteiger partial charge < -0.3 is 11.1 Å². The molecule has 0 bridgehead atoms. The predicted octanol–water partition coefficient (Wildman–Crippen LogP) is 3.02. The number of nitrogens with two attached hydrogens (primary N) is 1. The Morgan fingerprint density at radius 2 is 2.22 bits per heavy atom. The van der Waals surface area contributed by atoms with Crippen molar-refractivity contribution < 1.29 is 0 Å². The molecule has 0 radical (unpaired) electrons. The van der Waals surface area contributed by atoms with Crippen LogP contribution in [0.5, 0.6) is 0 Å². The Kier molecular flexibility index (Phi) is 4.46. The normalized spacial score (nSPS) is 16.5. The van der Waals surface area contributed by atoms with Crippen LogP contribution in [0.3, 0.4) is 0 Å². The molecule has 23 heavy (non-hydrogen) atoms. The van der Waals surface area contributed by atoms with Gasteiger partial charge >= 0.3 is 0 Å². The standard InChI is InChI=1S/C18H23N5/c1-13-18(17-9-5-6-12-23(17)22-13)16(19)10-11-20-14(2)21-15-7-3-4-8-15/h5-6,9-12,15,21H,2-4,7-8,19H2,1H3/b16-10-,20-11-. The first kappa shape index (κ1) is 15.3. The van der Waals surface area contributed by atoms with E-state index in [0.29, 0.717) is 17.6 Å². The molecule has 0 unspecified atom stereocenters. The number of hydrogen-bond acceptors (Lipinski definition) is 4. The van der Waals surface area contributed by atoms with Crippen molar-refractivity contribution in [2.75, 3.05) is 0 Å². The van der Waals surface area contributed by atoms with Crippen molar-refractivity contribution in [3.05, 3.63) is 54.1 Å². The van der Waals surface area contributed by atoms with E-state index in [0.717, 1.165) is 16.8 Å². The molecule has 5 heteroatoms. The third-order valence-corrected chi connectivity index (χ3v) is 4.21. The summed E-state index contributed by atoms with van der Waals surface area (Å²) in [5.41, 5.74) is 9.73. The lowest BCUT2D eigenvalue weighted by atomic mass is 10.1. The molecule has 5 nitrogen and oxygen atoms in total. The fraction of sp³-hybridized carbons (Fsp3) is 0.333. The number of allylic oxidation sites excluding steroid dienone is 1. The average molecular weight is 309 g/mol. The van der Waals surface area contributed by atoms with Gasteiger partial charge in [0.1, 0.15) is 5.82 Å². The van der Waals surface area contributed by atoms with Gasteiger partial charge in [0.15, 0.2) is 0 Å². The van der Waals surface area contributed by atoms with E-state index in [4.69, 9.17) is 5.73 Å². The molecule has 1 aliphatic rings. The molecule has 2 aromatic heterocycles.